The van der Waals surface area contributed by atoms with Gasteiger partial charge in [0.15, 0.2) is 5.70 Å². The smallest absolute Gasteiger partial charge is 0.358 e. The van der Waals surface area contributed by atoms with Gasteiger partial charge in [0.25, 0.3) is 0 Å². The van der Waals surface area contributed by atoms with E-state index in [4.69, 9.17) is 0 Å². The van der Waals surface area contributed by atoms with Gasteiger partial charge in [-0.2, -0.15) is 5.10 Å². The van der Waals surface area contributed by atoms with Crippen molar-refractivity contribution in [2.24, 2.45) is 0 Å². The van der Waals surface area contributed by atoms with Crippen molar-refractivity contribution in [3.8, 4) is 0 Å². The second-order valence-electron chi connectivity index (χ2n) is 2.81. The molecule has 1 aromatic rings. The summed E-state index contributed by atoms with van der Waals surface area (Å²) in [7, 11) is 4.93. The van der Waals surface area contributed by atoms with Gasteiger partial charge in [0.1, 0.15) is 12.7 Å². The molecule has 0 saturated heterocycles. The van der Waals surface area contributed by atoms with E-state index in [9.17, 15) is 4.79 Å². The molecule has 0 bridgehead atoms. The first-order chi connectivity index (χ1) is 6.65. The van der Waals surface area contributed by atoms with Gasteiger partial charge in [0, 0.05) is 20.3 Å². The SMILES string of the molecule is COC(=O)C(=CN(C)C)n1cncn1. The molecule has 0 aliphatic carbocycles. The van der Waals surface area contributed by atoms with Gasteiger partial charge in [0.2, 0.25) is 0 Å². The van der Waals surface area contributed by atoms with E-state index >= 15 is 0 Å². The normalized spacial score (nSPS) is 11.2. The Labute approximate surface area is 81.8 Å². The van der Waals surface area contributed by atoms with E-state index in [-0.39, 0.29) is 0 Å². The predicted octanol–water partition coefficient (Wildman–Crippen LogP) is -0.189. The third-order valence-corrected chi connectivity index (χ3v) is 1.44. The van der Waals surface area contributed by atoms with Gasteiger partial charge in [-0.15, -0.1) is 0 Å². The van der Waals surface area contributed by atoms with Crippen LogP contribution in [-0.2, 0) is 9.53 Å². The topological polar surface area (TPSA) is 60.2 Å². The second kappa shape index (κ2) is 4.40. The van der Waals surface area contributed by atoms with E-state index in [0.29, 0.717) is 5.70 Å². The zero-order valence-corrected chi connectivity index (χ0v) is 8.34. The second-order valence-corrected chi connectivity index (χ2v) is 2.81. The molecule has 76 valence electrons. The summed E-state index contributed by atoms with van der Waals surface area (Å²) in [6, 6.07) is 0. The Morgan fingerprint density at radius 2 is 2.29 bits per heavy atom. The lowest BCUT2D eigenvalue weighted by Crippen LogP contribution is -2.15. The molecule has 6 nitrogen and oxygen atoms in total. The monoisotopic (exact) mass is 196 g/mol. The molecule has 14 heavy (non-hydrogen) atoms. The van der Waals surface area contributed by atoms with Crippen LogP contribution in [0.3, 0.4) is 0 Å². The first kappa shape index (κ1) is 10.2. The largest absolute Gasteiger partial charge is 0.464 e. The molecule has 6 heteroatoms. The minimum Gasteiger partial charge on any atom is -0.464 e. The average molecular weight is 196 g/mol. The zero-order chi connectivity index (χ0) is 10.6. The molecule has 0 fully saturated rings. The first-order valence-electron chi connectivity index (χ1n) is 3.96. The lowest BCUT2D eigenvalue weighted by molar-refractivity contribution is -0.134. The van der Waals surface area contributed by atoms with Crippen LogP contribution in [0, 0.1) is 0 Å². The average Bonchev–Trinajstić information content (AvgIpc) is 2.65. The van der Waals surface area contributed by atoms with Crippen LogP contribution in [0.15, 0.2) is 18.9 Å². The van der Waals surface area contributed by atoms with E-state index in [1.165, 1.54) is 24.4 Å². The van der Waals surface area contributed by atoms with Crippen LogP contribution in [0.2, 0.25) is 0 Å². The minimum atomic E-state index is -0.454. The van der Waals surface area contributed by atoms with E-state index in [2.05, 4.69) is 14.8 Å². The third kappa shape index (κ3) is 2.32. The van der Waals surface area contributed by atoms with E-state index < -0.39 is 5.97 Å². The summed E-state index contributed by atoms with van der Waals surface area (Å²) in [5.74, 6) is -0.454. The van der Waals surface area contributed by atoms with Crippen molar-refractivity contribution in [1.29, 1.82) is 0 Å². The Morgan fingerprint density at radius 3 is 2.71 bits per heavy atom. The van der Waals surface area contributed by atoms with E-state index in [1.807, 2.05) is 0 Å². The molecule has 0 N–H and O–H groups in total. The summed E-state index contributed by atoms with van der Waals surface area (Å²) >= 11 is 0. The van der Waals surface area contributed by atoms with Gasteiger partial charge in [0.05, 0.1) is 7.11 Å². The van der Waals surface area contributed by atoms with Gasteiger partial charge in [-0.25, -0.2) is 14.5 Å². The molecule has 0 aliphatic heterocycles. The van der Waals surface area contributed by atoms with Crippen LogP contribution in [0.25, 0.3) is 5.70 Å². The molecule has 0 aromatic carbocycles. The van der Waals surface area contributed by atoms with Gasteiger partial charge >= 0.3 is 5.97 Å². The van der Waals surface area contributed by atoms with Crippen LogP contribution in [0.4, 0.5) is 0 Å². The molecular weight excluding hydrogens is 184 g/mol. The van der Waals surface area contributed by atoms with Crippen molar-refractivity contribution < 1.29 is 9.53 Å². The van der Waals surface area contributed by atoms with Crippen molar-refractivity contribution in [2.75, 3.05) is 21.2 Å². The summed E-state index contributed by atoms with van der Waals surface area (Å²) < 4.78 is 5.97. The van der Waals surface area contributed by atoms with E-state index in [1.54, 1.807) is 25.2 Å². The van der Waals surface area contributed by atoms with Crippen molar-refractivity contribution in [3.63, 3.8) is 0 Å². The quantitative estimate of drug-likeness (QED) is 0.495. The Morgan fingerprint density at radius 1 is 1.57 bits per heavy atom. The van der Waals surface area contributed by atoms with Crippen LogP contribution < -0.4 is 0 Å². The number of hydrogen-bond donors (Lipinski definition) is 0. The Balaban J connectivity index is 3.00. The Hall–Kier alpha value is -1.85. The van der Waals surface area contributed by atoms with Crippen LogP contribution in [0.1, 0.15) is 0 Å². The highest BCUT2D eigenvalue weighted by Gasteiger charge is 2.12. The molecule has 0 atom stereocenters. The number of rotatable bonds is 3. The zero-order valence-electron chi connectivity index (χ0n) is 8.34. The predicted molar refractivity (Wildman–Crippen MR) is 50.0 cm³/mol. The minimum absolute atomic E-state index is 0.315. The van der Waals surface area contributed by atoms with Crippen LogP contribution >= 0.6 is 0 Å². The summed E-state index contributed by atoms with van der Waals surface area (Å²) in [6.45, 7) is 0. The fourth-order valence-corrected chi connectivity index (χ4v) is 0.887. The molecule has 0 unspecified atom stereocenters. The molecule has 1 rings (SSSR count). The fourth-order valence-electron chi connectivity index (χ4n) is 0.887. The molecule has 0 spiro atoms. The first-order valence-corrected chi connectivity index (χ1v) is 3.96. The highest BCUT2D eigenvalue weighted by Crippen LogP contribution is 2.04. The Bertz CT molecular complexity index is 329. The molecule has 0 radical (unpaired) electrons. The van der Waals surface area contributed by atoms with Gasteiger partial charge < -0.3 is 9.64 Å². The van der Waals surface area contributed by atoms with Gasteiger partial charge in [-0.3, -0.25) is 0 Å². The van der Waals surface area contributed by atoms with Crippen molar-refractivity contribution in [3.05, 3.63) is 18.9 Å². The number of nitrogens with zero attached hydrogens (tertiary/aromatic N) is 4. The Kier molecular flexibility index (Phi) is 3.22. The van der Waals surface area contributed by atoms with Crippen LogP contribution in [-0.4, -0.2) is 46.8 Å². The lowest BCUT2D eigenvalue weighted by atomic mass is 10.4. The summed E-state index contributed by atoms with van der Waals surface area (Å²) in [5.41, 5.74) is 0.315. The van der Waals surface area contributed by atoms with Gasteiger partial charge in [-0.05, 0) is 0 Å². The van der Waals surface area contributed by atoms with E-state index in [0.717, 1.165) is 0 Å². The van der Waals surface area contributed by atoms with Crippen molar-refractivity contribution in [1.82, 2.24) is 19.7 Å². The number of hydrogen-bond acceptors (Lipinski definition) is 5. The maximum atomic E-state index is 11.3. The summed E-state index contributed by atoms with van der Waals surface area (Å²) in [5, 5.41) is 3.85. The number of methoxy groups -OCH3 is 1. The maximum Gasteiger partial charge on any atom is 0.358 e. The third-order valence-electron chi connectivity index (χ3n) is 1.44. The molecule has 0 amide bonds. The molecule has 0 saturated carbocycles. The van der Waals surface area contributed by atoms with Crippen molar-refractivity contribution >= 4 is 11.7 Å². The number of ether oxygens (including phenoxy) is 1. The van der Waals surface area contributed by atoms with Crippen LogP contribution in [0.5, 0.6) is 0 Å². The highest BCUT2D eigenvalue weighted by molar-refractivity contribution is 6.09. The van der Waals surface area contributed by atoms with Crippen molar-refractivity contribution in [2.45, 2.75) is 0 Å². The summed E-state index contributed by atoms with van der Waals surface area (Å²) in [6.07, 6.45) is 4.40. The maximum absolute atomic E-state index is 11.3. The number of aromatic nitrogens is 3. The lowest BCUT2D eigenvalue weighted by Gasteiger charge is -2.09. The van der Waals surface area contributed by atoms with Gasteiger partial charge in [-0.1, -0.05) is 0 Å². The molecule has 1 aromatic heterocycles. The number of carbonyl (C=O) groups is 1. The number of esters is 1. The standard InChI is InChI=1S/C8H12N4O2/c1-11(2)4-7(8(13)14-3)12-6-9-5-10-12/h4-6H,1-3H3. The molecule has 1 heterocycles. The molecular formula is C8H12N4O2. The fraction of sp³-hybridized carbons (Fsp3) is 0.375. The summed E-state index contributed by atoms with van der Waals surface area (Å²) in [4.78, 5) is 16.8. The molecule has 0 aliphatic rings. The number of carbonyl (C=O) groups excluding carboxylic acids is 1. The highest BCUT2D eigenvalue weighted by atomic mass is 16.5.